The molecule has 20 heavy (non-hydrogen) atoms. The molecule has 1 heterocycles. The Morgan fingerprint density at radius 2 is 1.75 bits per heavy atom. The SMILES string of the molecule is Cc1cn(-c2ccccc2)c(NC2CCCCCC2)n1. The van der Waals surface area contributed by atoms with Gasteiger partial charge in [0, 0.05) is 17.9 Å². The van der Waals surface area contributed by atoms with Crippen LogP contribution < -0.4 is 5.32 Å². The molecule has 3 heteroatoms. The van der Waals surface area contributed by atoms with Crippen LogP contribution in [0.25, 0.3) is 5.69 Å². The van der Waals surface area contributed by atoms with Crippen LogP contribution >= 0.6 is 0 Å². The lowest BCUT2D eigenvalue weighted by Gasteiger charge is -2.18. The van der Waals surface area contributed by atoms with E-state index in [9.17, 15) is 0 Å². The van der Waals surface area contributed by atoms with Gasteiger partial charge in [-0.05, 0) is 31.9 Å². The quantitative estimate of drug-likeness (QED) is 0.841. The lowest BCUT2D eigenvalue weighted by Crippen LogP contribution is -2.20. The summed E-state index contributed by atoms with van der Waals surface area (Å²) in [5.41, 5.74) is 2.23. The molecule has 106 valence electrons. The van der Waals surface area contributed by atoms with Gasteiger partial charge in [-0.3, -0.25) is 4.57 Å². The summed E-state index contributed by atoms with van der Waals surface area (Å²) in [7, 11) is 0. The van der Waals surface area contributed by atoms with Crippen LogP contribution in [0.1, 0.15) is 44.2 Å². The number of nitrogens with zero attached hydrogens (tertiary/aromatic N) is 2. The fourth-order valence-electron chi connectivity index (χ4n) is 2.99. The van der Waals surface area contributed by atoms with Gasteiger partial charge in [0.2, 0.25) is 5.95 Å². The summed E-state index contributed by atoms with van der Waals surface area (Å²) >= 11 is 0. The van der Waals surface area contributed by atoms with Crippen LogP contribution in [0.3, 0.4) is 0 Å². The molecule has 1 saturated carbocycles. The largest absolute Gasteiger partial charge is 0.353 e. The summed E-state index contributed by atoms with van der Waals surface area (Å²) in [6.45, 7) is 2.05. The third-order valence-electron chi connectivity index (χ3n) is 4.05. The number of imidazole rings is 1. The number of aryl methyl sites for hydroxylation is 1. The number of nitrogens with one attached hydrogen (secondary N) is 1. The van der Waals surface area contributed by atoms with Crippen molar-refractivity contribution in [2.75, 3.05) is 5.32 Å². The Morgan fingerprint density at radius 1 is 1.05 bits per heavy atom. The molecule has 0 radical (unpaired) electrons. The Morgan fingerprint density at radius 3 is 2.45 bits per heavy atom. The first kappa shape index (κ1) is 13.2. The van der Waals surface area contributed by atoms with E-state index in [-0.39, 0.29) is 0 Å². The molecule has 2 aromatic rings. The minimum absolute atomic E-state index is 0.571. The van der Waals surface area contributed by atoms with Gasteiger partial charge in [-0.25, -0.2) is 4.98 Å². The molecular formula is C17H23N3. The van der Waals surface area contributed by atoms with Crippen LogP contribution in [-0.2, 0) is 0 Å². The monoisotopic (exact) mass is 269 g/mol. The Bertz CT molecular complexity index is 537. The van der Waals surface area contributed by atoms with Crippen molar-refractivity contribution in [3.8, 4) is 5.69 Å². The van der Waals surface area contributed by atoms with E-state index < -0.39 is 0 Å². The van der Waals surface area contributed by atoms with Crippen LogP contribution in [0.4, 0.5) is 5.95 Å². The van der Waals surface area contributed by atoms with Crippen LogP contribution in [0, 0.1) is 6.92 Å². The number of anilines is 1. The summed E-state index contributed by atoms with van der Waals surface area (Å²) in [6.07, 6.45) is 10.1. The summed E-state index contributed by atoms with van der Waals surface area (Å²) in [4.78, 5) is 4.66. The van der Waals surface area contributed by atoms with Crippen molar-refractivity contribution in [3.63, 3.8) is 0 Å². The molecule has 1 aromatic carbocycles. The summed E-state index contributed by atoms with van der Waals surface area (Å²) < 4.78 is 2.17. The summed E-state index contributed by atoms with van der Waals surface area (Å²) in [6, 6.07) is 11.0. The van der Waals surface area contributed by atoms with Crippen LogP contribution in [0.15, 0.2) is 36.5 Å². The Kier molecular flexibility index (Phi) is 4.05. The predicted octanol–water partition coefficient (Wildman–Crippen LogP) is 4.32. The van der Waals surface area contributed by atoms with Gasteiger partial charge in [-0.2, -0.15) is 0 Å². The maximum atomic E-state index is 4.66. The van der Waals surface area contributed by atoms with Gasteiger partial charge in [0.1, 0.15) is 0 Å². The predicted molar refractivity (Wildman–Crippen MR) is 83.4 cm³/mol. The third kappa shape index (κ3) is 3.03. The summed E-state index contributed by atoms with van der Waals surface area (Å²) in [5.74, 6) is 0.987. The topological polar surface area (TPSA) is 29.9 Å². The number of para-hydroxylation sites is 1. The van der Waals surface area contributed by atoms with E-state index in [1.54, 1.807) is 0 Å². The minimum atomic E-state index is 0.571. The Labute approximate surface area is 121 Å². The zero-order chi connectivity index (χ0) is 13.8. The fourth-order valence-corrected chi connectivity index (χ4v) is 2.99. The third-order valence-corrected chi connectivity index (χ3v) is 4.05. The van der Waals surface area contributed by atoms with E-state index in [0.717, 1.165) is 11.6 Å². The van der Waals surface area contributed by atoms with E-state index >= 15 is 0 Å². The second kappa shape index (κ2) is 6.12. The van der Waals surface area contributed by atoms with Crippen molar-refractivity contribution in [3.05, 3.63) is 42.2 Å². The molecule has 1 aliphatic rings. The molecule has 0 aliphatic heterocycles. The van der Waals surface area contributed by atoms with Crippen molar-refractivity contribution in [2.45, 2.75) is 51.5 Å². The molecule has 0 unspecified atom stereocenters. The molecule has 3 nitrogen and oxygen atoms in total. The highest BCUT2D eigenvalue weighted by molar-refractivity contribution is 5.43. The van der Waals surface area contributed by atoms with E-state index in [1.165, 1.54) is 44.2 Å². The lowest BCUT2D eigenvalue weighted by molar-refractivity contribution is 0.613. The van der Waals surface area contributed by atoms with E-state index in [4.69, 9.17) is 0 Å². The molecular weight excluding hydrogens is 246 g/mol. The Hall–Kier alpha value is -1.77. The average Bonchev–Trinajstić information content (AvgIpc) is 2.67. The van der Waals surface area contributed by atoms with Crippen molar-refractivity contribution in [1.82, 2.24) is 9.55 Å². The zero-order valence-electron chi connectivity index (χ0n) is 12.2. The normalized spacial score (nSPS) is 16.9. The highest BCUT2D eigenvalue weighted by Gasteiger charge is 2.15. The molecule has 1 aromatic heterocycles. The summed E-state index contributed by atoms with van der Waals surface area (Å²) in [5, 5.41) is 3.66. The van der Waals surface area contributed by atoms with E-state index in [2.05, 4.69) is 52.3 Å². The molecule has 3 rings (SSSR count). The number of aromatic nitrogens is 2. The van der Waals surface area contributed by atoms with Crippen LogP contribution in [0.5, 0.6) is 0 Å². The first-order valence-electron chi connectivity index (χ1n) is 7.71. The van der Waals surface area contributed by atoms with Gasteiger partial charge >= 0.3 is 0 Å². The number of hydrogen-bond acceptors (Lipinski definition) is 2. The minimum Gasteiger partial charge on any atom is -0.353 e. The fraction of sp³-hybridized carbons (Fsp3) is 0.471. The number of benzene rings is 1. The molecule has 0 amide bonds. The van der Waals surface area contributed by atoms with E-state index in [1.807, 2.05) is 6.07 Å². The van der Waals surface area contributed by atoms with E-state index in [0.29, 0.717) is 6.04 Å². The van der Waals surface area contributed by atoms with Gasteiger partial charge < -0.3 is 5.32 Å². The van der Waals surface area contributed by atoms with Gasteiger partial charge in [-0.15, -0.1) is 0 Å². The smallest absolute Gasteiger partial charge is 0.207 e. The van der Waals surface area contributed by atoms with Gasteiger partial charge in [0.25, 0.3) is 0 Å². The van der Waals surface area contributed by atoms with Crippen molar-refractivity contribution >= 4 is 5.95 Å². The number of rotatable bonds is 3. The molecule has 1 fully saturated rings. The Balaban J connectivity index is 1.82. The molecule has 0 saturated heterocycles. The standard InChI is InChI=1S/C17H23N3/c1-14-13-20(16-11-7-4-8-12-16)17(18-14)19-15-9-5-2-3-6-10-15/h4,7-8,11-13,15H,2-3,5-6,9-10H2,1H3,(H,18,19). The van der Waals surface area contributed by atoms with Gasteiger partial charge in [0.15, 0.2) is 0 Å². The van der Waals surface area contributed by atoms with Crippen molar-refractivity contribution in [2.24, 2.45) is 0 Å². The molecule has 0 atom stereocenters. The van der Waals surface area contributed by atoms with Crippen LogP contribution in [-0.4, -0.2) is 15.6 Å². The lowest BCUT2D eigenvalue weighted by atomic mass is 10.1. The first-order valence-corrected chi connectivity index (χ1v) is 7.71. The van der Waals surface area contributed by atoms with Crippen molar-refractivity contribution in [1.29, 1.82) is 0 Å². The second-order valence-corrected chi connectivity index (χ2v) is 5.74. The van der Waals surface area contributed by atoms with Gasteiger partial charge in [0.05, 0.1) is 5.69 Å². The number of hydrogen-bond donors (Lipinski definition) is 1. The molecule has 0 spiro atoms. The zero-order valence-corrected chi connectivity index (χ0v) is 12.2. The van der Waals surface area contributed by atoms with Crippen LogP contribution in [0.2, 0.25) is 0 Å². The first-order chi connectivity index (χ1) is 9.83. The highest BCUT2D eigenvalue weighted by Crippen LogP contribution is 2.23. The maximum Gasteiger partial charge on any atom is 0.207 e. The maximum absolute atomic E-state index is 4.66. The van der Waals surface area contributed by atoms with Gasteiger partial charge in [-0.1, -0.05) is 43.9 Å². The second-order valence-electron chi connectivity index (χ2n) is 5.74. The highest BCUT2D eigenvalue weighted by atomic mass is 15.2. The molecule has 0 bridgehead atoms. The molecule has 1 aliphatic carbocycles. The average molecular weight is 269 g/mol. The molecule has 1 N–H and O–H groups in total. The van der Waals surface area contributed by atoms with Crippen molar-refractivity contribution < 1.29 is 0 Å².